The number of ether oxygens (including phenoxy) is 2. The van der Waals surface area contributed by atoms with Crippen molar-refractivity contribution in [3.05, 3.63) is 35.9 Å². The molecule has 0 aromatic carbocycles. The first-order chi connectivity index (χ1) is 11.2. The number of amides is 2. The summed E-state index contributed by atoms with van der Waals surface area (Å²) in [6.45, 7) is 1.55. The Bertz CT molecular complexity index is 627. The molecule has 0 radical (unpaired) electrons. The second kappa shape index (κ2) is 8.25. The van der Waals surface area contributed by atoms with Crippen LogP contribution >= 0.6 is 0 Å². The summed E-state index contributed by atoms with van der Waals surface area (Å²) in [6.07, 6.45) is 1.69. The summed E-state index contributed by atoms with van der Waals surface area (Å²) in [7, 11) is 3.11. The summed E-state index contributed by atoms with van der Waals surface area (Å²) in [5.41, 5.74) is 0.776. The largest absolute Gasteiger partial charge is 0.383 e. The van der Waals surface area contributed by atoms with E-state index in [-0.39, 0.29) is 23.3 Å². The summed E-state index contributed by atoms with van der Waals surface area (Å²) in [5.74, 6) is -0.547. The zero-order chi connectivity index (χ0) is 16.7. The summed E-state index contributed by atoms with van der Waals surface area (Å²) in [5, 5.41) is 5.40. The van der Waals surface area contributed by atoms with Crippen LogP contribution in [0.1, 0.15) is 21.1 Å². The molecule has 0 saturated heterocycles. The van der Waals surface area contributed by atoms with Crippen molar-refractivity contribution in [2.75, 3.05) is 40.5 Å². The van der Waals surface area contributed by atoms with Gasteiger partial charge in [0, 0.05) is 33.5 Å². The third-order valence-electron chi connectivity index (χ3n) is 3.15. The van der Waals surface area contributed by atoms with Gasteiger partial charge in [0.1, 0.15) is 0 Å². The molecule has 23 heavy (non-hydrogen) atoms. The number of aromatic nitrogens is 2. The van der Waals surface area contributed by atoms with Gasteiger partial charge in [0.05, 0.1) is 18.7 Å². The molecule has 124 valence electrons. The quantitative estimate of drug-likeness (QED) is 0.672. The van der Waals surface area contributed by atoms with Gasteiger partial charge in [-0.05, 0) is 12.1 Å². The highest BCUT2D eigenvalue weighted by Gasteiger charge is 2.20. The average Bonchev–Trinajstić information content (AvgIpc) is 2.95. The Morgan fingerprint density at radius 2 is 1.74 bits per heavy atom. The molecule has 2 rings (SSSR count). The van der Waals surface area contributed by atoms with Crippen molar-refractivity contribution in [2.45, 2.75) is 0 Å². The lowest BCUT2D eigenvalue weighted by Gasteiger charge is -2.03. The molecule has 0 aliphatic heterocycles. The topological polar surface area (TPSA) is 94.0 Å². The maximum atomic E-state index is 12.2. The normalized spacial score (nSPS) is 10.7. The van der Waals surface area contributed by atoms with E-state index in [2.05, 4.69) is 15.6 Å². The highest BCUT2D eigenvalue weighted by Crippen LogP contribution is 2.13. The molecular weight excluding hydrogens is 300 g/mol. The number of nitrogens with zero attached hydrogens (tertiary/aromatic N) is 2. The smallest absolute Gasteiger partial charge is 0.287 e. The van der Waals surface area contributed by atoms with E-state index in [4.69, 9.17) is 9.47 Å². The van der Waals surface area contributed by atoms with Crippen molar-refractivity contribution in [3.8, 4) is 0 Å². The fraction of sp³-hybridized carbons (Fsp3) is 0.400. The molecule has 0 aliphatic carbocycles. The predicted octanol–water partition coefficient (Wildman–Crippen LogP) is 0.0867. The molecule has 8 nitrogen and oxygen atoms in total. The van der Waals surface area contributed by atoms with Crippen molar-refractivity contribution in [2.24, 2.45) is 0 Å². The van der Waals surface area contributed by atoms with Crippen LogP contribution in [0.4, 0.5) is 0 Å². The van der Waals surface area contributed by atoms with E-state index in [1.54, 1.807) is 43.0 Å². The predicted molar refractivity (Wildman–Crippen MR) is 83.6 cm³/mol. The van der Waals surface area contributed by atoms with Gasteiger partial charge in [-0.2, -0.15) is 0 Å². The Kier molecular flexibility index (Phi) is 6.07. The van der Waals surface area contributed by atoms with Crippen LogP contribution in [0.3, 0.4) is 0 Å². The molecule has 8 heteroatoms. The van der Waals surface area contributed by atoms with E-state index < -0.39 is 0 Å². The fourth-order valence-corrected chi connectivity index (χ4v) is 2.06. The molecule has 0 atom stereocenters. The Morgan fingerprint density at radius 3 is 2.39 bits per heavy atom. The molecule has 0 bridgehead atoms. The highest BCUT2D eigenvalue weighted by atomic mass is 16.5. The Labute approximate surface area is 133 Å². The third-order valence-corrected chi connectivity index (χ3v) is 3.15. The minimum atomic E-state index is -0.362. The van der Waals surface area contributed by atoms with Crippen molar-refractivity contribution in [1.82, 2.24) is 20.0 Å². The number of imidazole rings is 1. The van der Waals surface area contributed by atoms with E-state index in [0.717, 1.165) is 0 Å². The monoisotopic (exact) mass is 320 g/mol. The van der Waals surface area contributed by atoms with Gasteiger partial charge in [-0.15, -0.1) is 0 Å². The van der Waals surface area contributed by atoms with Gasteiger partial charge in [-0.3, -0.25) is 14.0 Å². The number of hydrogen-bond donors (Lipinski definition) is 2. The number of hydrogen-bond acceptors (Lipinski definition) is 5. The lowest BCUT2D eigenvalue weighted by atomic mass is 10.3. The number of rotatable bonds is 8. The van der Waals surface area contributed by atoms with E-state index in [0.29, 0.717) is 31.8 Å². The SMILES string of the molecule is COCCNC(=O)c1nc(C(=O)NCCOC)n2ccccc12. The second-order valence-electron chi connectivity index (χ2n) is 4.74. The van der Waals surface area contributed by atoms with Crippen LogP contribution in [0.25, 0.3) is 5.52 Å². The van der Waals surface area contributed by atoms with Crippen molar-refractivity contribution in [3.63, 3.8) is 0 Å². The number of carbonyl (C=O) groups is 2. The van der Waals surface area contributed by atoms with Gasteiger partial charge < -0.3 is 20.1 Å². The lowest BCUT2D eigenvalue weighted by Crippen LogP contribution is -2.29. The molecule has 0 saturated carbocycles. The van der Waals surface area contributed by atoms with Crippen molar-refractivity contribution in [1.29, 1.82) is 0 Å². The average molecular weight is 320 g/mol. The van der Waals surface area contributed by atoms with Gasteiger partial charge in [0.2, 0.25) is 5.82 Å². The van der Waals surface area contributed by atoms with Crippen LogP contribution in [-0.4, -0.2) is 61.7 Å². The maximum Gasteiger partial charge on any atom is 0.287 e. The minimum absolute atomic E-state index is 0.161. The summed E-state index contributed by atoms with van der Waals surface area (Å²) in [6, 6.07) is 5.30. The minimum Gasteiger partial charge on any atom is -0.383 e. The van der Waals surface area contributed by atoms with Gasteiger partial charge in [0.15, 0.2) is 5.69 Å². The van der Waals surface area contributed by atoms with Gasteiger partial charge >= 0.3 is 0 Å². The second-order valence-corrected chi connectivity index (χ2v) is 4.74. The van der Waals surface area contributed by atoms with Crippen LogP contribution < -0.4 is 10.6 Å². The Balaban J connectivity index is 2.25. The molecule has 2 N–H and O–H groups in total. The summed E-state index contributed by atoms with van der Waals surface area (Å²) >= 11 is 0. The van der Waals surface area contributed by atoms with Gasteiger partial charge in [0.25, 0.3) is 11.8 Å². The molecule has 2 amide bonds. The van der Waals surface area contributed by atoms with Crippen molar-refractivity contribution >= 4 is 17.3 Å². The Hall–Kier alpha value is -2.45. The van der Waals surface area contributed by atoms with Crippen LogP contribution in [0.5, 0.6) is 0 Å². The lowest BCUT2D eigenvalue weighted by molar-refractivity contribution is 0.0926. The standard InChI is InChI=1S/C15H20N4O4/c1-22-9-6-16-14(20)12-11-5-3-4-8-19(11)13(18-12)15(21)17-7-10-23-2/h3-5,8H,6-7,9-10H2,1-2H3,(H,16,20)(H,17,21). The molecule has 0 fully saturated rings. The van der Waals surface area contributed by atoms with E-state index in [1.165, 1.54) is 0 Å². The first kappa shape index (κ1) is 16.9. The van der Waals surface area contributed by atoms with Gasteiger partial charge in [-0.25, -0.2) is 4.98 Å². The number of nitrogens with one attached hydrogen (secondary N) is 2. The molecule has 2 aromatic rings. The molecule has 0 aliphatic rings. The first-order valence-corrected chi connectivity index (χ1v) is 7.20. The highest BCUT2D eigenvalue weighted by molar-refractivity contribution is 6.02. The zero-order valence-electron chi connectivity index (χ0n) is 13.2. The number of carbonyl (C=O) groups excluding carboxylic acids is 2. The first-order valence-electron chi connectivity index (χ1n) is 7.20. The summed E-state index contributed by atoms with van der Waals surface area (Å²) in [4.78, 5) is 28.7. The molecule has 0 unspecified atom stereocenters. The van der Waals surface area contributed by atoms with Crippen molar-refractivity contribution < 1.29 is 19.1 Å². The van der Waals surface area contributed by atoms with E-state index >= 15 is 0 Å². The van der Waals surface area contributed by atoms with Crippen LogP contribution in [0, 0.1) is 0 Å². The van der Waals surface area contributed by atoms with E-state index in [1.807, 2.05) is 0 Å². The van der Waals surface area contributed by atoms with E-state index in [9.17, 15) is 9.59 Å². The molecule has 0 spiro atoms. The number of pyridine rings is 1. The Morgan fingerprint density at radius 1 is 1.09 bits per heavy atom. The molecule has 2 aromatic heterocycles. The van der Waals surface area contributed by atoms with Crippen LogP contribution in [0.15, 0.2) is 24.4 Å². The zero-order valence-corrected chi connectivity index (χ0v) is 13.2. The number of fused-ring (bicyclic) bond motifs is 1. The fourth-order valence-electron chi connectivity index (χ4n) is 2.06. The molecular formula is C15H20N4O4. The molecule has 2 heterocycles. The summed E-state index contributed by atoms with van der Waals surface area (Å²) < 4.78 is 11.4. The number of methoxy groups -OCH3 is 2. The van der Waals surface area contributed by atoms with Crippen LogP contribution in [0.2, 0.25) is 0 Å². The maximum absolute atomic E-state index is 12.2. The van der Waals surface area contributed by atoms with Crippen LogP contribution in [-0.2, 0) is 9.47 Å². The third kappa shape index (κ3) is 4.05. The van der Waals surface area contributed by atoms with Gasteiger partial charge in [-0.1, -0.05) is 6.07 Å².